The summed E-state index contributed by atoms with van der Waals surface area (Å²) in [5.74, 6) is 6.20. The van der Waals surface area contributed by atoms with Crippen LogP contribution in [0.5, 0.6) is 0 Å². The Kier molecular flexibility index (Phi) is 4.23. The molecule has 1 aliphatic rings. The van der Waals surface area contributed by atoms with Crippen LogP contribution >= 0.6 is 11.8 Å². The summed E-state index contributed by atoms with van der Waals surface area (Å²) in [5.41, 5.74) is 1.97. The highest BCUT2D eigenvalue weighted by molar-refractivity contribution is 8.01. The van der Waals surface area contributed by atoms with Crippen molar-refractivity contribution in [3.05, 3.63) is 0 Å². The summed E-state index contributed by atoms with van der Waals surface area (Å²) < 4.78 is 23.4. The van der Waals surface area contributed by atoms with Gasteiger partial charge in [-0.05, 0) is 0 Å². The van der Waals surface area contributed by atoms with Crippen LogP contribution in [0.2, 0.25) is 0 Å². The summed E-state index contributed by atoms with van der Waals surface area (Å²) in [6, 6.07) is -0.530. The topological polar surface area (TPSA) is 92.5 Å². The lowest BCUT2D eigenvalue weighted by atomic mass is 10.5. The van der Waals surface area contributed by atoms with Gasteiger partial charge in [-0.2, -0.15) is 11.8 Å². The Bertz CT molecular complexity index is 330. The Hall–Kier alpha value is -0.470. The second kappa shape index (κ2) is 5.04. The number of hydrogen-bond acceptors (Lipinski definition) is 5. The molecule has 1 saturated heterocycles. The number of amides is 2. The average molecular weight is 253 g/mol. The van der Waals surface area contributed by atoms with E-state index < -0.39 is 21.2 Å². The highest BCUT2D eigenvalue weighted by Crippen LogP contribution is 2.21. The summed E-state index contributed by atoms with van der Waals surface area (Å²) in [4.78, 5) is 12.6. The number of thioether (sulfide) groups is 1. The SMILES string of the molecule is CCS(=O)(=O)C1CSCCN1C(=O)NN. The smallest absolute Gasteiger partial charge is 0.305 e. The molecule has 0 aromatic carbocycles. The van der Waals surface area contributed by atoms with E-state index in [9.17, 15) is 13.2 Å². The lowest BCUT2D eigenvalue weighted by Gasteiger charge is -2.33. The number of rotatable bonds is 2. The molecule has 0 aliphatic carbocycles. The molecule has 0 radical (unpaired) electrons. The fourth-order valence-electron chi connectivity index (χ4n) is 1.39. The predicted molar refractivity (Wildman–Crippen MR) is 60.0 cm³/mol. The zero-order valence-corrected chi connectivity index (χ0v) is 10.1. The van der Waals surface area contributed by atoms with Gasteiger partial charge in [0.1, 0.15) is 5.37 Å². The summed E-state index contributed by atoms with van der Waals surface area (Å²) in [5, 5.41) is -0.746. The van der Waals surface area contributed by atoms with E-state index in [1.54, 1.807) is 6.92 Å². The molecule has 6 nitrogen and oxygen atoms in total. The van der Waals surface area contributed by atoms with Crippen LogP contribution in [-0.4, -0.2) is 48.5 Å². The molecule has 1 atom stereocenters. The first-order valence-corrected chi connectivity index (χ1v) is 7.46. The Morgan fingerprint density at radius 3 is 2.87 bits per heavy atom. The minimum atomic E-state index is -3.24. The van der Waals surface area contributed by atoms with Crippen LogP contribution in [0, 0.1) is 0 Å². The Morgan fingerprint density at radius 2 is 2.33 bits per heavy atom. The van der Waals surface area contributed by atoms with Gasteiger partial charge in [-0.3, -0.25) is 5.43 Å². The molecule has 1 rings (SSSR count). The lowest BCUT2D eigenvalue weighted by molar-refractivity contribution is 0.196. The maximum absolute atomic E-state index is 11.7. The molecule has 0 aromatic heterocycles. The first-order valence-electron chi connectivity index (χ1n) is 4.59. The first-order chi connectivity index (χ1) is 7.03. The van der Waals surface area contributed by atoms with Crippen molar-refractivity contribution in [1.29, 1.82) is 0 Å². The molecule has 1 heterocycles. The van der Waals surface area contributed by atoms with Crippen LogP contribution in [0.3, 0.4) is 0 Å². The van der Waals surface area contributed by atoms with Crippen molar-refractivity contribution < 1.29 is 13.2 Å². The molecular formula is C7H15N3O3S2. The van der Waals surface area contributed by atoms with Crippen LogP contribution in [0.25, 0.3) is 0 Å². The van der Waals surface area contributed by atoms with Crippen LogP contribution in [0.1, 0.15) is 6.92 Å². The van der Waals surface area contributed by atoms with Crippen molar-refractivity contribution in [3.8, 4) is 0 Å². The number of nitrogens with zero attached hydrogens (tertiary/aromatic N) is 1. The van der Waals surface area contributed by atoms with Gasteiger partial charge in [-0.15, -0.1) is 0 Å². The van der Waals surface area contributed by atoms with Crippen molar-refractivity contribution in [2.45, 2.75) is 12.3 Å². The third kappa shape index (κ3) is 2.76. The number of hydrogen-bond donors (Lipinski definition) is 2. The van der Waals surface area contributed by atoms with Gasteiger partial charge < -0.3 is 4.90 Å². The average Bonchev–Trinajstić information content (AvgIpc) is 2.28. The highest BCUT2D eigenvalue weighted by Gasteiger charge is 2.35. The van der Waals surface area contributed by atoms with Crippen molar-refractivity contribution >= 4 is 27.6 Å². The van der Waals surface area contributed by atoms with E-state index in [1.807, 2.05) is 5.43 Å². The molecule has 8 heteroatoms. The van der Waals surface area contributed by atoms with Crippen molar-refractivity contribution in [2.75, 3.05) is 23.8 Å². The van der Waals surface area contributed by atoms with E-state index in [0.29, 0.717) is 12.3 Å². The number of nitrogens with one attached hydrogen (secondary N) is 1. The third-order valence-electron chi connectivity index (χ3n) is 2.29. The highest BCUT2D eigenvalue weighted by atomic mass is 32.2. The lowest BCUT2D eigenvalue weighted by Crippen LogP contribution is -2.55. The predicted octanol–water partition coefficient (Wildman–Crippen LogP) is -0.621. The molecule has 0 aromatic rings. The van der Waals surface area contributed by atoms with E-state index in [-0.39, 0.29) is 5.75 Å². The first kappa shape index (κ1) is 12.6. The van der Waals surface area contributed by atoms with E-state index in [1.165, 1.54) is 16.7 Å². The van der Waals surface area contributed by atoms with Gasteiger partial charge in [0.15, 0.2) is 9.84 Å². The summed E-state index contributed by atoms with van der Waals surface area (Å²) >= 11 is 1.54. The second-order valence-corrected chi connectivity index (χ2v) is 6.72. The molecule has 2 amide bonds. The van der Waals surface area contributed by atoms with Gasteiger partial charge in [0.2, 0.25) is 0 Å². The van der Waals surface area contributed by atoms with Crippen LogP contribution in [0.15, 0.2) is 0 Å². The van der Waals surface area contributed by atoms with Gasteiger partial charge in [-0.25, -0.2) is 19.1 Å². The molecular weight excluding hydrogens is 238 g/mol. The summed E-state index contributed by atoms with van der Waals surface area (Å²) in [6.45, 7) is 1.99. The molecule has 1 unspecified atom stereocenters. The Balaban J connectivity index is 2.88. The number of nitrogens with two attached hydrogens (primary N) is 1. The maximum Gasteiger partial charge on any atom is 0.332 e. The number of carbonyl (C=O) groups is 1. The number of carbonyl (C=O) groups excluding carboxylic acids is 1. The van der Waals surface area contributed by atoms with Crippen LogP contribution < -0.4 is 11.3 Å². The van der Waals surface area contributed by atoms with Crippen LogP contribution in [-0.2, 0) is 9.84 Å². The summed E-state index contributed by atoms with van der Waals surface area (Å²) in [7, 11) is -3.24. The monoisotopic (exact) mass is 253 g/mol. The number of sulfone groups is 1. The maximum atomic E-state index is 11.7. The standard InChI is InChI=1S/C7H15N3O3S2/c1-2-15(12,13)6-5-14-4-3-10(6)7(11)9-8/h6H,2-5,8H2,1H3,(H,9,11). The molecule has 1 fully saturated rings. The zero-order chi connectivity index (χ0) is 11.5. The van der Waals surface area contributed by atoms with E-state index in [0.717, 1.165) is 5.75 Å². The van der Waals surface area contributed by atoms with Gasteiger partial charge in [-0.1, -0.05) is 6.92 Å². The van der Waals surface area contributed by atoms with Crippen molar-refractivity contribution in [3.63, 3.8) is 0 Å². The molecule has 0 bridgehead atoms. The number of urea groups is 1. The number of hydrazine groups is 1. The normalized spacial score (nSPS) is 22.5. The quantitative estimate of drug-likeness (QED) is 0.389. The molecule has 1 aliphatic heterocycles. The zero-order valence-electron chi connectivity index (χ0n) is 8.47. The van der Waals surface area contributed by atoms with E-state index in [2.05, 4.69) is 0 Å². The van der Waals surface area contributed by atoms with E-state index in [4.69, 9.17) is 5.84 Å². The van der Waals surface area contributed by atoms with Crippen LogP contribution in [0.4, 0.5) is 4.79 Å². The van der Waals surface area contributed by atoms with Gasteiger partial charge >= 0.3 is 6.03 Å². The summed E-state index contributed by atoms with van der Waals surface area (Å²) in [6.07, 6.45) is 0. The molecule has 0 spiro atoms. The van der Waals surface area contributed by atoms with E-state index >= 15 is 0 Å². The second-order valence-electron chi connectivity index (χ2n) is 3.12. The van der Waals surface area contributed by atoms with Crippen molar-refractivity contribution in [2.24, 2.45) is 5.84 Å². The fraction of sp³-hybridized carbons (Fsp3) is 0.857. The Morgan fingerprint density at radius 1 is 1.67 bits per heavy atom. The fourth-order valence-corrected chi connectivity index (χ4v) is 4.35. The molecule has 15 heavy (non-hydrogen) atoms. The van der Waals surface area contributed by atoms with Crippen molar-refractivity contribution in [1.82, 2.24) is 10.3 Å². The molecule has 88 valence electrons. The third-order valence-corrected chi connectivity index (χ3v) is 5.57. The minimum Gasteiger partial charge on any atom is -0.305 e. The minimum absolute atomic E-state index is 0.0343. The van der Waals surface area contributed by atoms with Gasteiger partial charge in [0, 0.05) is 23.8 Å². The largest absolute Gasteiger partial charge is 0.332 e. The van der Waals surface area contributed by atoms with Gasteiger partial charge in [0.05, 0.1) is 0 Å². The molecule has 3 N–H and O–H groups in total. The molecule has 0 saturated carbocycles. The Labute approximate surface area is 93.5 Å². The van der Waals surface area contributed by atoms with Gasteiger partial charge in [0.25, 0.3) is 0 Å².